The first kappa shape index (κ1) is 13.3. The molecule has 0 spiro atoms. The lowest BCUT2D eigenvalue weighted by Gasteiger charge is -2.31. The number of rotatable bonds is 3. The normalized spacial score (nSPS) is 17.4. The molecule has 1 fully saturated rings. The zero-order valence-corrected chi connectivity index (χ0v) is 12.1. The van der Waals surface area contributed by atoms with Gasteiger partial charge in [-0.1, -0.05) is 0 Å². The van der Waals surface area contributed by atoms with E-state index in [4.69, 9.17) is 5.26 Å². The van der Waals surface area contributed by atoms with Crippen LogP contribution >= 0.6 is 15.9 Å². The van der Waals surface area contributed by atoms with Crippen molar-refractivity contribution in [3.05, 3.63) is 22.3 Å². The summed E-state index contributed by atoms with van der Waals surface area (Å²) in [4.78, 5) is 6.59. The molecule has 0 saturated carbocycles. The van der Waals surface area contributed by atoms with E-state index in [9.17, 15) is 0 Å². The lowest BCUT2D eigenvalue weighted by molar-refractivity contribution is 0.242. The van der Waals surface area contributed by atoms with E-state index in [0.717, 1.165) is 41.8 Å². The molecule has 96 valence electrons. The molecule has 1 aromatic heterocycles. The Morgan fingerprint density at radius 2 is 2.28 bits per heavy atom. The summed E-state index contributed by atoms with van der Waals surface area (Å²) in [6, 6.07) is 4.72. The molecule has 4 nitrogen and oxygen atoms in total. The molecular weight excluding hydrogens is 292 g/mol. The van der Waals surface area contributed by atoms with Gasteiger partial charge in [0.2, 0.25) is 0 Å². The number of nitrogens with one attached hydrogen (secondary N) is 1. The van der Waals surface area contributed by atoms with Crippen molar-refractivity contribution in [1.29, 1.82) is 5.26 Å². The highest BCUT2D eigenvalue weighted by Gasteiger charge is 2.19. The first-order chi connectivity index (χ1) is 8.69. The van der Waals surface area contributed by atoms with Crippen LogP contribution in [0.2, 0.25) is 0 Å². The number of halogens is 1. The number of anilines is 1. The number of nitrogens with zero attached hydrogens (tertiary/aromatic N) is 3. The maximum Gasteiger partial charge on any atom is 0.140 e. The maximum absolute atomic E-state index is 8.66. The van der Waals surface area contributed by atoms with Crippen molar-refractivity contribution in [2.45, 2.75) is 25.8 Å². The van der Waals surface area contributed by atoms with Crippen LogP contribution in [0.15, 0.2) is 16.7 Å². The molecule has 1 saturated heterocycles. The topological polar surface area (TPSA) is 52.0 Å². The van der Waals surface area contributed by atoms with Crippen molar-refractivity contribution in [3.63, 3.8) is 0 Å². The van der Waals surface area contributed by atoms with Crippen LogP contribution in [0.4, 0.5) is 5.82 Å². The molecular formula is C13H17BrN4. The van der Waals surface area contributed by atoms with E-state index >= 15 is 0 Å². The third-order valence-electron chi connectivity index (χ3n) is 3.20. The van der Waals surface area contributed by atoms with E-state index < -0.39 is 0 Å². The number of likely N-dealkylation sites (tertiary alicyclic amines) is 1. The van der Waals surface area contributed by atoms with E-state index in [2.05, 4.69) is 43.3 Å². The molecule has 1 aliphatic heterocycles. The molecule has 2 heterocycles. The summed E-state index contributed by atoms with van der Waals surface area (Å²) in [7, 11) is 0. The fourth-order valence-electron chi connectivity index (χ4n) is 2.17. The quantitative estimate of drug-likeness (QED) is 0.872. The van der Waals surface area contributed by atoms with E-state index in [1.807, 2.05) is 13.1 Å². The van der Waals surface area contributed by atoms with E-state index in [-0.39, 0.29) is 0 Å². The summed E-state index contributed by atoms with van der Waals surface area (Å²) < 4.78 is 1.02. The number of nitriles is 1. The van der Waals surface area contributed by atoms with Gasteiger partial charge in [0.15, 0.2) is 0 Å². The van der Waals surface area contributed by atoms with Gasteiger partial charge in [0.25, 0.3) is 0 Å². The highest BCUT2D eigenvalue weighted by molar-refractivity contribution is 9.10. The molecule has 18 heavy (non-hydrogen) atoms. The van der Waals surface area contributed by atoms with E-state index in [1.54, 1.807) is 0 Å². The Kier molecular flexibility index (Phi) is 4.56. The molecule has 1 aromatic rings. The van der Waals surface area contributed by atoms with Gasteiger partial charge in [0.1, 0.15) is 5.82 Å². The number of hydrogen-bond donors (Lipinski definition) is 1. The Hall–Kier alpha value is -1.12. The van der Waals surface area contributed by atoms with Crippen molar-refractivity contribution in [3.8, 4) is 6.07 Å². The fourth-order valence-corrected chi connectivity index (χ4v) is 2.75. The first-order valence-corrected chi connectivity index (χ1v) is 6.96. The molecule has 0 aliphatic carbocycles. The van der Waals surface area contributed by atoms with Gasteiger partial charge in [0, 0.05) is 25.3 Å². The van der Waals surface area contributed by atoms with Gasteiger partial charge >= 0.3 is 0 Å². The largest absolute Gasteiger partial charge is 0.366 e. The van der Waals surface area contributed by atoms with Crippen LogP contribution in [0, 0.1) is 18.3 Å². The van der Waals surface area contributed by atoms with Gasteiger partial charge < -0.3 is 5.32 Å². The number of aryl methyl sites for hydroxylation is 1. The van der Waals surface area contributed by atoms with Crippen LogP contribution in [-0.2, 0) is 0 Å². The molecule has 1 aliphatic rings. The second-order valence-electron chi connectivity index (χ2n) is 4.70. The standard InChI is InChI=1S/C13H17BrN4/c1-10-8-12(14)13(16-9-10)17-11-2-5-18(6-3-11)7-4-15/h8-9,11H,2-3,5-7H2,1H3,(H,16,17). The minimum atomic E-state index is 0.450. The number of piperidine rings is 1. The minimum Gasteiger partial charge on any atom is -0.366 e. The summed E-state index contributed by atoms with van der Waals surface area (Å²) in [6.07, 6.45) is 3.99. The second kappa shape index (κ2) is 6.17. The predicted octanol–water partition coefficient (Wildman–Crippen LogP) is 2.55. The highest BCUT2D eigenvalue weighted by Crippen LogP contribution is 2.23. The Morgan fingerprint density at radius 3 is 2.89 bits per heavy atom. The van der Waals surface area contributed by atoms with Crippen molar-refractivity contribution in [2.24, 2.45) is 0 Å². The molecule has 2 rings (SSSR count). The van der Waals surface area contributed by atoms with Crippen LogP contribution in [-0.4, -0.2) is 35.6 Å². The molecule has 5 heteroatoms. The smallest absolute Gasteiger partial charge is 0.140 e. The van der Waals surface area contributed by atoms with Crippen LogP contribution < -0.4 is 5.32 Å². The van der Waals surface area contributed by atoms with Gasteiger partial charge in [0.05, 0.1) is 17.1 Å². The van der Waals surface area contributed by atoms with E-state index in [1.165, 1.54) is 0 Å². The second-order valence-corrected chi connectivity index (χ2v) is 5.55. The molecule has 1 N–H and O–H groups in total. The van der Waals surface area contributed by atoms with Gasteiger partial charge in [-0.2, -0.15) is 5.26 Å². The molecule has 0 aromatic carbocycles. The fraction of sp³-hybridized carbons (Fsp3) is 0.538. The van der Waals surface area contributed by atoms with Crippen molar-refractivity contribution >= 4 is 21.7 Å². The number of pyridine rings is 1. The molecule has 0 radical (unpaired) electrons. The zero-order valence-electron chi connectivity index (χ0n) is 10.5. The summed E-state index contributed by atoms with van der Waals surface area (Å²) in [5, 5.41) is 12.1. The Labute approximate surface area is 116 Å². The minimum absolute atomic E-state index is 0.450. The highest BCUT2D eigenvalue weighted by atomic mass is 79.9. The lowest BCUT2D eigenvalue weighted by atomic mass is 10.1. The van der Waals surface area contributed by atoms with Crippen LogP contribution in [0.3, 0.4) is 0 Å². The summed E-state index contributed by atoms with van der Waals surface area (Å²) >= 11 is 3.53. The van der Waals surface area contributed by atoms with Crippen molar-refractivity contribution in [1.82, 2.24) is 9.88 Å². The average molecular weight is 309 g/mol. The van der Waals surface area contributed by atoms with Crippen molar-refractivity contribution in [2.75, 3.05) is 25.0 Å². The summed E-state index contributed by atoms with van der Waals surface area (Å²) in [6.45, 7) is 4.53. The Bertz CT molecular complexity index is 447. The van der Waals surface area contributed by atoms with Crippen molar-refractivity contribution < 1.29 is 0 Å². The van der Waals surface area contributed by atoms with Gasteiger partial charge in [-0.15, -0.1) is 0 Å². The number of aromatic nitrogens is 1. The molecule has 0 unspecified atom stereocenters. The zero-order chi connectivity index (χ0) is 13.0. The average Bonchev–Trinajstić information content (AvgIpc) is 2.35. The van der Waals surface area contributed by atoms with Crippen LogP contribution in [0.1, 0.15) is 18.4 Å². The monoisotopic (exact) mass is 308 g/mol. The Balaban J connectivity index is 1.90. The first-order valence-electron chi connectivity index (χ1n) is 6.17. The number of hydrogen-bond acceptors (Lipinski definition) is 4. The summed E-state index contributed by atoms with van der Waals surface area (Å²) in [5.41, 5.74) is 1.15. The third kappa shape index (κ3) is 3.44. The van der Waals surface area contributed by atoms with E-state index in [0.29, 0.717) is 12.6 Å². The molecule has 0 atom stereocenters. The maximum atomic E-state index is 8.66. The molecule has 0 bridgehead atoms. The van der Waals surface area contributed by atoms with Gasteiger partial charge in [-0.25, -0.2) is 4.98 Å². The van der Waals surface area contributed by atoms with Gasteiger partial charge in [-0.05, 0) is 47.3 Å². The van der Waals surface area contributed by atoms with Gasteiger partial charge in [-0.3, -0.25) is 4.90 Å². The predicted molar refractivity (Wildman–Crippen MR) is 75.4 cm³/mol. The molecule has 0 amide bonds. The lowest BCUT2D eigenvalue weighted by Crippen LogP contribution is -2.39. The Morgan fingerprint density at radius 1 is 1.56 bits per heavy atom. The SMILES string of the molecule is Cc1cnc(NC2CCN(CC#N)CC2)c(Br)c1. The summed E-state index contributed by atoms with van der Waals surface area (Å²) in [5.74, 6) is 0.916. The third-order valence-corrected chi connectivity index (χ3v) is 3.81. The van der Waals surface area contributed by atoms with Crippen LogP contribution in [0.25, 0.3) is 0 Å². The van der Waals surface area contributed by atoms with Crippen LogP contribution in [0.5, 0.6) is 0 Å².